The van der Waals surface area contributed by atoms with E-state index in [9.17, 15) is 18.3 Å². The second-order valence-corrected chi connectivity index (χ2v) is 4.83. The molecule has 19 heavy (non-hydrogen) atoms. The van der Waals surface area contributed by atoms with Crippen LogP contribution in [0, 0.1) is 0 Å². The third-order valence-corrected chi connectivity index (χ3v) is 3.11. The van der Waals surface area contributed by atoms with Crippen molar-refractivity contribution in [1.29, 1.82) is 0 Å². The summed E-state index contributed by atoms with van der Waals surface area (Å²) in [5.74, 6) is 0. The highest BCUT2D eigenvalue weighted by Crippen LogP contribution is 2.36. The monoisotopic (exact) mass is 331 g/mol. The number of hydrogen-bond acceptors (Lipinski definition) is 2. The maximum atomic E-state index is 12.9. The number of pyridine rings is 1. The topological polar surface area (TPSA) is 33.1 Å². The van der Waals surface area contributed by atoms with Gasteiger partial charge < -0.3 is 5.11 Å². The smallest absolute Gasteiger partial charge is 0.384 e. The van der Waals surface area contributed by atoms with Gasteiger partial charge in [0, 0.05) is 22.4 Å². The number of hydrogen-bond donors (Lipinski definition) is 1. The lowest BCUT2D eigenvalue weighted by atomic mass is 9.98. The normalized spacial score (nSPS) is 13.3. The van der Waals surface area contributed by atoms with E-state index >= 15 is 0 Å². The molecular formula is C13H9BrF3NO. The lowest BCUT2D eigenvalue weighted by molar-refractivity contribution is -0.139. The first-order valence-electron chi connectivity index (χ1n) is 5.34. The first-order valence-corrected chi connectivity index (χ1v) is 6.13. The first kappa shape index (κ1) is 14.0. The van der Waals surface area contributed by atoms with Crippen molar-refractivity contribution in [2.45, 2.75) is 12.3 Å². The molecule has 0 bridgehead atoms. The van der Waals surface area contributed by atoms with Crippen LogP contribution in [0.25, 0.3) is 0 Å². The Morgan fingerprint density at radius 3 is 2.58 bits per heavy atom. The molecule has 0 saturated heterocycles. The number of halogens is 4. The van der Waals surface area contributed by atoms with Crippen molar-refractivity contribution >= 4 is 15.9 Å². The van der Waals surface area contributed by atoms with Crippen LogP contribution in [0.2, 0.25) is 0 Å². The second-order valence-electron chi connectivity index (χ2n) is 3.92. The summed E-state index contributed by atoms with van der Waals surface area (Å²) in [6.07, 6.45) is -3.80. The van der Waals surface area contributed by atoms with Gasteiger partial charge in [-0.1, -0.05) is 28.1 Å². The van der Waals surface area contributed by atoms with Gasteiger partial charge in [-0.3, -0.25) is 4.98 Å². The Bertz CT molecular complexity index is 586. The third kappa shape index (κ3) is 3.13. The second kappa shape index (κ2) is 5.30. The van der Waals surface area contributed by atoms with E-state index in [0.29, 0.717) is 10.0 Å². The van der Waals surface area contributed by atoms with Crippen molar-refractivity contribution in [2.24, 2.45) is 0 Å². The Kier molecular flexibility index (Phi) is 3.91. The predicted molar refractivity (Wildman–Crippen MR) is 67.4 cm³/mol. The molecule has 0 amide bonds. The van der Waals surface area contributed by atoms with Gasteiger partial charge in [0.05, 0.1) is 5.56 Å². The summed E-state index contributed by atoms with van der Waals surface area (Å²) in [6, 6.07) is 7.35. The van der Waals surface area contributed by atoms with Gasteiger partial charge in [0.1, 0.15) is 6.10 Å². The Hall–Kier alpha value is -1.40. The number of benzene rings is 1. The summed E-state index contributed by atoms with van der Waals surface area (Å²) in [5, 5.41) is 10.1. The largest absolute Gasteiger partial charge is 0.416 e. The minimum atomic E-state index is -4.52. The molecule has 0 spiro atoms. The number of aromatic nitrogens is 1. The highest BCUT2D eigenvalue weighted by atomic mass is 79.9. The van der Waals surface area contributed by atoms with Crippen LogP contribution in [0.4, 0.5) is 13.2 Å². The fraction of sp³-hybridized carbons (Fsp3) is 0.154. The van der Waals surface area contributed by atoms with E-state index in [4.69, 9.17) is 0 Å². The molecule has 1 heterocycles. The zero-order chi connectivity index (χ0) is 14.0. The van der Waals surface area contributed by atoms with Crippen molar-refractivity contribution in [3.63, 3.8) is 0 Å². The number of aliphatic hydroxyl groups is 1. The summed E-state index contributed by atoms with van der Waals surface area (Å²) >= 11 is 3.21. The molecule has 2 aromatic rings. The molecule has 1 unspecified atom stereocenters. The summed E-state index contributed by atoms with van der Waals surface area (Å²) in [6.45, 7) is 0. The SMILES string of the molecule is OC(c1cccc(Br)c1)c1cnccc1C(F)(F)F. The minimum absolute atomic E-state index is 0.256. The fourth-order valence-electron chi connectivity index (χ4n) is 1.74. The molecule has 0 aliphatic rings. The van der Waals surface area contributed by atoms with Crippen LogP contribution in [-0.4, -0.2) is 10.1 Å². The van der Waals surface area contributed by atoms with Crippen LogP contribution < -0.4 is 0 Å². The van der Waals surface area contributed by atoms with Crippen LogP contribution in [-0.2, 0) is 6.18 Å². The molecule has 2 nitrogen and oxygen atoms in total. The molecule has 0 saturated carbocycles. The van der Waals surface area contributed by atoms with E-state index in [1.54, 1.807) is 24.3 Å². The van der Waals surface area contributed by atoms with Crippen molar-refractivity contribution in [3.05, 3.63) is 63.9 Å². The van der Waals surface area contributed by atoms with E-state index in [1.165, 1.54) is 0 Å². The van der Waals surface area contributed by atoms with Crippen molar-refractivity contribution in [3.8, 4) is 0 Å². The predicted octanol–water partition coefficient (Wildman–Crippen LogP) is 3.94. The molecule has 100 valence electrons. The minimum Gasteiger partial charge on any atom is -0.384 e. The van der Waals surface area contributed by atoms with Gasteiger partial charge in [-0.15, -0.1) is 0 Å². The van der Waals surface area contributed by atoms with E-state index in [-0.39, 0.29) is 5.56 Å². The highest BCUT2D eigenvalue weighted by molar-refractivity contribution is 9.10. The average Bonchev–Trinajstić information content (AvgIpc) is 2.37. The van der Waals surface area contributed by atoms with E-state index in [1.807, 2.05) is 0 Å². The van der Waals surface area contributed by atoms with Crippen LogP contribution in [0.5, 0.6) is 0 Å². The molecular weight excluding hydrogens is 323 g/mol. The Morgan fingerprint density at radius 1 is 1.21 bits per heavy atom. The molecule has 1 aromatic carbocycles. The summed E-state index contributed by atoms with van der Waals surface area (Å²) in [4.78, 5) is 3.66. The molecule has 1 N–H and O–H groups in total. The van der Waals surface area contributed by atoms with Crippen LogP contribution in [0.15, 0.2) is 47.2 Å². The molecule has 0 aliphatic carbocycles. The summed E-state index contributed by atoms with van der Waals surface area (Å²) in [7, 11) is 0. The van der Waals surface area contributed by atoms with Gasteiger partial charge in [0.25, 0.3) is 0 Å². The summed E-state index contributed by atoms with van der Waals surface area (Å²) in [5.41, 5.74) is -0.768. The molecule has 6 heteroatoms. The molecule has 2 rings (SSSR count). The number of aliphatic hydroxyl groups excluding tert-OH is 1. The van der Waals surface area contributed by atoms with Gasteiger partial charge >= 0.3 is 6.18 Å². The van der Waals surface area contributed by atoms with Crippen molar-refractivity contribution < 1.29 is 18.3 Å². The highest BCUT2D eigenvalue weighted by Gasteiger charge is 2.35. The molecule has 1 aromatic heterocycles. The van der Waals surface area contributed by atoms with Crippen LogP contribution in [0.3, 0.4) is 0 Å². The Labute approximate surface area is 116 Å². The average molecular weight is 332 g/mol. The van der Waals surface area contributed by atoms with Crippen molar-refractivity contribution in [1.82, 2.24) is 4.98 Å². The van der Waals surface area contributed by atoms with Crippen LogP contribution in [0.1, 0.15) is 22.8 Å². The van der Waals surface area contributed by atoms with Crippen LogP contribution >= 0.6 is 15.9 Å². The summed E-state index contributed by atoms with van der Waals surface area (Å²) < 4.78 is 39.2. The first-order chi connectivity index (χ1) is 8.89. The molecule has 0 fully saturated rings. The lowest BCUT2D eigenvalue weighted by Crippen LogP contribution is -2.13. The maximum absolute atomic E-state index is 12.9. The standard InChI is InChI=1S/C13H9BrF3NO/c14-9-3-1-2-8(6-9)12(19)10-7-18-5-4-11(10)13(15,16)17/h1-7,12,19H. The van der Waals surface area contributed by atoms with Gasteiger partial charge in [-0.25, -0.2) is 0 Å². The lowest BCUT2D eigenvalue weighted by Gasteiger charge is -2.17. The van der Waals surface area contributed by atoms with Gasteiger partial charge in [-0.2, -0.15) is 13.2 Å². The van der Waals surface area contributed by atoms with E-state index < -0.39 is 17.8 Å². The molecule has 1 atom stereocenters. The van der Waals surface area contributed by atoms with Gasteiger partial charge in [0.15, 0.2) is 0 Å². The fourth-order valence-corrected chi connectivity index (χ4v) is 2.16. The molecule has 0 radical (unpaired) electrons. The van der Waals surface area contributed by atoms with Gasteiger partial charge in [-0.05, 0) is 23.8 Å². The van der Waals surface area contributed by atoms with Crippen molar-refractivity contribution in [2.75, 3.05) is 0 Å². The quantitative estimate of drug-likeness (QED) is 0.904. The molecule has 0 aliphatic heterocycles. The zero-order valence-corrected chi connectivity index (χ0v) is 11.1. The Morgan fingerprint density at radius 2 is 1.95 bits per heavy atom. The van der Waals surface area contributed by atoms with E-state index in [0.717, 1.165) is 18.5 Å². The number of rotatable bonds is 2. The number of alkyl halides is 3. The van der Waals surface area contributed by atoms with Gasteiger partial charge in [0.2, 0.25) is 0 Å². The zero-order valence-electron chi connectivity index (χ0n) is 9.53. The maximum Gasteiger partial charge on any atom is 0.416 e. The van der Waals surface area contributed by atoms with E-state index in [2.05, 4.69) is 20.9 Å². The third-order valence-electron chi connectivity index (χ3n) is 2.62. The number of nitrogens with zero attached hydrogens (tertiary/aromatic N) is 1. The Balaban J connectivity index is 2.48.